The van der Waals surface area contributed by atoms with Crippen molar-refractivity contribution in [2.45, 2.75) is 39.2 Å². The average molecular weight is 224 g/mol. The minimum absolute atomic E-state index is 0.217. The second-order valence-corrected chi connectivity index (χ2v) is 4.46. The number of pyridine rings is 1. The predicted octanol–water partition coefficient (Wildman–Crippen LogP) is 2.53. The van der Waals surface area contributed by atoms with Crippen LogP contribution in [0.2, 0.25) is 0 Å². The number of nitrogens with zero attached hydrogens (tertiary/aromatic N) is 1. The molecule has 0 spiro atoms. The van der Waals surface area contributed by atoms with E-state index in [9.17, 15) is 9.18 Å². The van der Waals surface area contributed by atoms with Crippen molar-refractivity contribution >= 4 is 5.91 Å². The Hall–Kier alpha value is -1.45. The number of halogens is 1. The van der Waals surface area contributed by atoms with Crippen molar-refractivity contribution in [3.8, 4) is 0 Å². The van der Waals surface area contributed by atoms with Gasteiger partial charge in [0.1, 0.15) is 0 Å². The largest absolute Gasteiger partial charge is 0.347 e. The molecule has 1 aromatic rings. The Morgan fingerprint density at radius 3 is 2.69 bits per heavy atom. The molecule has 1 heterocycles. The smallest absolute Gasteiger partial charge is 0.253 e. The summed E-state index contributed by atoms with van der Waals surface area (Å²) in [5, 5.41) is 2.89. The fourth-order valence-corrected chi connectivity index (χ4v) is 1.58. The summed E-state index contributed by atoms with van der Waals surface area (Å²) in [6.07, 6.45) is 3.13. The molecule has 1 rings (SSSR count). The van der Waals surface area contributed by atoms with Crippen LogP contribution in [0, 0.1) is 5.95 Å². The summed E-state index contributed by atoms with van der Waals surface area (Å²) in [6, 6.07) is 2.61. The van der Waals surface area contributed by atoms with Gasteiger partial charge in [-0.15, -0.1) is 0 Å². The molecule has 0 unspecified atom stereocenters. The first-order valence-corrected chi connectivity index (χ1v) is 5.38. The second kappa shape index (κ2) is 5.05. The molecule has 0 bridgehead atoms. The number of nitrogens with one attached hydrogen (secondary N) is 1. The lowest BCUT2D eigenvalue weighted by Gasteiger charge is -2.25. The third-order valence-corrected chi connectivity index (χ3v) is 2.32. The van der Waals surface area contributed by atoms with Crippen LogP contribution in [0.5, 0.6) is 0 Å². The van der Waals surface area contributed by atoms with E-state index in [4.69, 9.17) is 0 Å². The zero-order valence-electron chi connectivity index (χ0n) is 9.88. The first kappa shape index (κ1) is 12.6. The van der Waals surface area contributed by atoms with Crippen LogP contribution in [0.15, 0.2) is 18.3 Å². The van der Waals surface area contributed by atoms with E-state index >= 15 is 0 Å². The molecule has 3 nitrogen and oxygen atoms in total. The highest BCUT2D eigenvalue weighted by atomic mass is 19.1. The Balaban J connectivity index is 2.69. The molecule has 1 aromatic heterocycles. The van der Waals surface area contributed by atoms with Crippen molar-refractivity contribution in [3.63, 3.8) is 0 Å². The van der Waals surface area contributed by atoms with Gasteiger partial charge < -0.3 is 5.32 Å². The second-order valence-electron chi connectivity index (χ2n) is 4.46. The van der Waals surface area contributed by atoms with Gasteiger partial charge in [0.05, 0.1) is 5.56 Å². The van der Waals surface area contributed by atoms with E-state index in [1.807, 2.05) is 13.8 Å². The monoisotopic (exact) mass is 224 g/mol. The normalized spacial score (nSPS) is 11.2. The zero-order chi connectivity index (χ0) is 12.2. The van der Waals surface area contributed by atoms with Gasteiger partial charge in [-0.1, -0.05) is 13.3 Å². The van der Waals surface area contributed by atoms with Crippen LogP contribution in [0.25, 0.3) is 0 Å². The Bertz CT molecular complexity index is 360. The predicted molar refractivity (Wildman–Crippen MR) is 60.6 cm³/mol. The molecule has 0 radical (unpaired) electrons. The summed E-state index contributed by atoms with van der Waals surface area (Å²) in [7, 11) is 0. The van der Waals surface area contributed by atoms with Gasteiger partial charge in [0.2, 0.25) is 5.95 Å². The summed E-state index contributed by atoms with van der Waals surface area (Å²) >= 11 is 0. The zero-order valence-corrected chi connectivity index (χ0v) is 9.88. The number of carbonyl (C=O) groups excluding carboxylic acids is 1. The lowest BCUT2D eigenvalue weighted by molar-refractivity contribution is 0.0908. The quantitative estimate of drug-likeness (QED) is 0.798. The Kier molecular flexibility index (Phi) is 3.99. The molecule has 0 aromatic carbocycles. The fraction of sp³-hybridized carbons (Fsp3) is 0.500. The van der Waals surface area contributed by atoms with Gasteiger partial charge >= 0.3 is 0 Å². The van der Waals surface area contributed by atoms with Gasteiger partial charge in [0, 0.05) is 11.7 Å². The minimum Gasteiger partial charge on any atom is -0.347 e. The summed E-state index contributed by atoms with van der Waals surface area (Å²) in [5.41, 5.74) is 0.130. The van der Waals surface area contributed by atoms with Crippen LogP contribution in [0.1, 0.15) is 44.0 Å². The van der Waals surface area contributed by atoms with Gasteiger partial charge in [-0.2, -0.15) is 4.39 Å². The third kappa shape index (κ3) is 3.61. The van der Waals surface area contributed by atoms with Gasteiger partial charge in [-0.05, 0) is 32.4 Å². The SMILES string of the molecule is CCCC(C)(C)NC(=O)c1ccc(F)nc1. The van der Waals surface area contributed by atoms with E-state index in [1.165, 1.54) is 18.3 Å². The van der Waals surface area contributed by atoms with Crippen LogP contribution >= 0.6 is 0 Å². The number of carbonyl (C=O) groups is 1. The Morgan fingerprint density at radius 2 is 2.19 bits per heavy atom. The lowest BCUT2D eigenvalue weighted by Crippen LogP contribution is -2.43. The molecule has 0 fully saturated rings. The van der Waals surface area contributed by atoms with Gasteiger partial charge in [0.15, 0.2) is 0 Å². The molecule has 16 heavy (non-hydrogen) atoms. The molecule has 1 N–H and O–H groups in total. The maximum Gasteiger partial charge on any atom is 0.253 e. The Labute approximate surface area is 95.1 Å². The molecule has 0 aliphatic carbocycles. The minimum atomic E-state index is -0.579. The van der Waals surface area contributed by atoms with Crippen LogP contribution in [0.4, 0.5) is 4.39 Å². The van der Waals surface area contributed by atoms with Crippen LogP contribution in [-0.4, -0.2) is 16.4 Å². The highest BCUT2D eigenvalue weighted by Crippen LogP contribution is 2.12. The van der Waals surface area contributed by atoms with Crippen molar-refractivity contribution in [2.75, 3.05) is 0 Å². The van der Waals surface area contributed by atoms with Crippen LogP contribution < -0.4 is 5.32 Å². The molecule has 0 aliphatic heterocycles. The summed E-state index contributed by atoms with van der Waals surface area (Å²) in [4.78, 5) is 15.2. The highest BCUT2D eigenvalue weighted by Gasteiger charge is 2.20. The number of hydrogen-bond acceptors (Lipinski definition) is 2. The maximum absolute atomic E-state index is 12.6. The van der Waals surface area contributed by atoms with Gasteiger partial charge in [0.25, 0.3) is 5.91 Å². The molecular formula is C12H17FN2O. The molecule has 88 valence electrons. The molecule has 0 saturated carbocycles. The Morgan fingerprint density at radius 1 is 1.50 bits per heavy atom. The summed E-state index contributed by atoms with van der Waals surface area (Å²) in [6.45, 7) is 5.99. The van der Waals surface area contributed by atoms with Crippen molar-refractivity contribution in [2.24, 2.45) is 0 Å². The van der Waals surface area contributed by atoms with Crippen molar-refractivity contribution < 1.29 is 9.18 Å². The van der Waals surface area contributed by atoms with Gasteiger partial charge in [-0.25, -0.2) is 4.98 Å². The van der Waals surface area contributed by atoms with Crippen molar-refractivity contribution in [3.05, 3.63) is 29.8 Å². The van der Waals surface area contributed by atoms with Crippen molar-refractivity contribution in [1.82, 2.24) is 10.3 Å². The van der Waals surface area contributed by atoms with E-state index < -0.39 is 5.95 Å². The highest BCUT2D eigenvalue weighted by molar-refractivity contribution is 5.94. The molecule has 0 aliphatic rings. The number of amides is 1. The van der Waals surface area contributed by atoms with E-state index in [2.05, 4.69) is 17.2 Å². The van der Waals surface area contributed by atoms with Crippen LogP contribution in [0.3, 0.4) is 0 Å². The number of aromatic nitrogens is 1. The first-order chi connectivity index (χ1) is 7.44. The van der Waals surface area contributed by atoms with E-state index in [1.54, 1.807) is 0 Å². The van der Waals surface area contributed by atoms with E-state index in [0.29, 0.717) is 5.56 Å². The average Bonchev–Trinajstić information content (AvgIpc) is 2.17. The molecular weight excluding hydrogens is 207 g/mol. The standard InChI is InChI=1S/C12H17FN2O/c1-4-7-12(2,3)15-11(16)9-5-6-10(13)14-8-9/h5-6,8H,4,7H2,1-3H3,(H,15,16). The van der Waals surface area contributed by atoms with E-state index in [-0.39, 0.29) is 11.4 Å². The maximum atomic E-state index is 12.6. The van der Waals surface area contributed by atoms with Crippen LogP contribution in [-0.2, 0) is 0 Å². The third-order valence-electron chi connectivity index (χ3n) is 2.32. The molecule has 4 heteroatoms. The summed E-state index contributed by atoms with van der Waals surface area (Å²) in [5.74, 6) is -0.796. The molecule has 0 atom stereocenters. The number of rotatable bonds is 4. The first-order valence-electron chi connectivity index (χ1n) is 5.38. The number of hydrogen-bond donors (Lipinski definition) is 1. The topological polar surface area (TPSA) is 42.0 Å². The summed E-state index contributed by atoms with van der Waals surface area (Å²) < 4.78 is 12.6. The lowest BCUT2D eigenvalue weighted by atomic mass is 9.98. The molecule has 1 amide bonds. The van der Waals surface area contributed by atoms with E-state index in [0.717, 1.165) is 12.8 Å². The molecule has 0 saturated heterocycles. The van der Waals surface area contributed by atoms with Gasteiger partial charge in [-0.3, -0.25) is 4.79 Å². The van der Waals surface area contributed by atoms with Crippen molar-refractivity contribution in [1.29, 1.82) is 0 Å². The fourth-order valence-electron chi connectivity index (χ4n) is 1.58.